The minimum absolute atomic E-state index is 0.0616. The molecule has 0 aromatic rings. The van der Waals surface area contributed by atoms with E-state index in [0.29, 0.717) is 19.4 Å². The Labute approximate surface area is 71.3 Å². The van der Waals surface area contributed by atoms with E-state index in [0.717, 1.165) is 6.42 Å². The first kappa shape index (κ1) is 9.03. The molecule has 1 aliphatic rings. The maximum atomic E-state index is 11.1. The SMILES string of the molecule is CCCOC(=O)C1CCC(=O)N1. The Morgan fingerprint density at radius 1 is 1.75 bits per heavy atom. The molecule has 0 aliphatic carbocycles. The van der Waals surface area contributed by atoms with E-state index in [1.807, 2.05) is 6.92 Å². The van der Waals surface area contributed by atoms with Crippen molar-refractivity contribution in [3.05, 3.63) is 0 Å². The summed E-state index contributed by atoms with van der Waals surface area (Å²) in [7, 11) is 0. The van der Waals surface area contributed by atoms with Gasteiger partial charge in [-0.2, -0.15) is 0 Å². The van der Waals surface area contributed by atoms with E-state index >= 15 is 0 Å². The van der Waals surface area contributed by atoms with Crippen molar-refractivity contribution in [2.24, 2.45) is 0 Å². The van der Waals surface area contributed by atoms with Crippen LogP contribution >= 0.6 is 0 Å². The molecule has 1 rings (SSSR count). The van der Waals surface area contributed by atoms with Gasteiger partial charge >= 0.3 is 5.97 Å². The molecule has 1 unspecified atom stereocenters. The summed E-state index contributed by atoms with van der Waals surface area (Å²) in [5.74, 6) is -0.365. The summed E-state index contributed by atoms with van der Waals surface area (Å²) in [6, 6.07) is -0.399. The van der Waals surface area contributed by atoms with Crippen LogP contribution in [0.3, 0.4) is 0 Å². The number of esters is 1. The highest BCUT2D eigenvalue weighted by molar-refractivity contribution is 5.87. The van der Waals surface area contributed by atoms with Crippen molar-refractivity contribution in [3.8, 4) is 0 Å². The number of amides is 1. The Morgan fingerprint density at radius 3 is 3.00 bits per heavy atom. The third-order valence-corrected chi connectivity index (χ3v) is 1.73. The van der Waals surface area contributed by atoms with Gasteiger partial charge in [0.25, 0.3) is 0 Å². The maximum Gasteiger partial charge on any atom is 0.328 e. The predicted molar refractivity (Wildman–Crippen MR) is 42.4 cm³/mol. The summed E-state index contributed by atoms with van der Waals surface area (Å²) < 4.78 is 4.87. The van der Waals surface area contributed by atoms with Crippen LogP contribution in [0.4, 0.5) is 0 Å². The van der Waals surface area contributed by atoms with Gasteiger partial charge < -0.3 is 10.1 Å². The zero-order valence-electron chi connectivity index (χ0n) is 7.13. The van der Waals surface area contributed by atoms with Gasteiger partial charge in [0.05, 0.1) is 6.61 Å². The minimum atomic E-state index is -0.399. The summed E-state index contributed by atoms with van der Waals surface area (Å²) in [6.07, 6.45) is 1.82. The molecule has 4 nitrogen and oxygen atoms in total. The minimum Gasteiger partial charge on any atom is -0.464 e. The second-order valence-corrected chi connectivity index (χ2v) is 2.83. The fourth-order valence-corrected chi connectivity index (χ4v) is 1.09. The van der Waals surface area contributed by atoms with Crippen LogP contribution in [-0.4, -0.2) is 24.5 Å². The topological polar surface area (TPSA) is 55.4 Å². The molecule has 1 heterocycles. The van der Waals surface area contributed by atoms with Gasteiger partial charge in [0.15, 0.2) is 0 Å². The lowest BCUT2D eigenvalue weighted by Crippen LogP contribution is -2.34. The molecule has 0 aromatic heterocycles. The third-order valence-electron chi connectivity index (χ3n) is 1.73. The summed E-state index contributed by atoms with van der Waals surface area (Å²) in [6.45, 7) is 2.37. The first-order valence-corrected chi connectivity index (χ1v) is 4.20. The highest BCUT2D eigenvalue weighted by Gasteiger charge is 2.27. The van der Waals surface area contributed by atoms with Gasteiger partial charge in [0.2, 0.25) is 5.91 Å². The standard InChI is InChI=1S/C8H13NO3/c1-2-5-12-8(11)6-3-4-7(10)9-6/h6H,2-5H2,1H3,(H,9,10). The molecule has 1 aliphatic heterocycles. The van der Waals surface area contributed by atoms with Crippen LogP contribution in [0.1, 0.15) is 26.2 Å². The highest BCUT2D eigenvalue weighted by atomic mass is 16.5. The van der Waals surface area contributed by atoms with Crippen LogP contribution in [-0.2, 0) is 14.3 Å². The Morgan fingerprint density at radius 2 is 2.50 bits per heavy atom. The van der Waals surface area contributed by atoms with Gasteiger partial charge in [-0.25, -0.2) is 4.79 Å². The smallest absolute Gasteiger partial charge is 0.328 e. The monoisotopic (exact) mass is 171 g/mol. The summed E-state index contributed by atoms with van der Waals surface area (Å²) >= 11 is 0. The average Bonchev–Trinajstić information content (AvgIpc) is 2.47. The Hall–Kier alpha value is -1.06. The van der Waals surface area contributed by atoms with Gasteiger partial charge in [-0.1, -0.05) is 6.92 Å². The lowest BCUT2D eigenvalue weighted by molar-refractivity contribution is -0.146. The van der Waals surface area contributed by atoms with E-state index in [-0.39, 0.29) is 11.9 Å². The van der Waals surface area contributed by atoms with E-state index in [4.69, 9.17) is 4.74 Å². The first-order valence-electron chi connectivity index (χ1n) is 4.20. The molecule has 0 aromatic carbocycles. The fourth-order valence-electron chi connectivity index (χ4n) is 1.09. The molecule has 1 fully saturated rings. The van der Waals surface area contributed by atoms with Gasteiger partial charge in [-0.05, 0) is 12.8 Å². The van der Waals surface area contributed by atoms with Crippen molar-refractivity contribution in [2.75, 3.05) is 6.61 Å². The van der Waals surface area contributed by atoms with Gasteiger partial charge in [0, 0.05) is 6.42 Å². The number of hydrogen-bond acceptors (Lipinski definition) is 3. The molecule has 1 atom stereocenters. The summed E-state index contributed by atoms with van der Waals surface area (Å²) in [5, 5.41) is 2.55. The summed E-state index contributed by atoms with van der Waals surface area (Å²) in [5.41, 5.74) is 0. The van der Waals surface area contributed by atoms with Gasteiger partial charge in [-0.15, -0.1) is 0 Å². The molecule has 0 bridgehead atoms. The van der Waals surface area contributed by atoms with Crippen molar-refractivity contribution in [2.45, 2.75) is 32.2 Å². The van der Waals surface area contributed by atoms with Crippen LogP contribution < -0.4 is 5.32 Å². The predicted octanol–water partition coefficient (Wildman–Crippen LogP) is 0.218. The number of hydrogen-bond donors (Lipinski definition) is 1. The largest absolute Gasteiger partial charge is 0.464 e. The molecular weight excluding hydrogens is 158 g/mol. The Balaban J connectivity index is 2.28. The number of carbonyl (C=O) groups excluding carboxylic acids is 2. The van der Waals surface area contributed by atoms with Gasteiger partial charge in [-0.3, -0.25) is 4.79 Å². The molecule has 1 N–H and O–H groups in total. The van der Waals surface area contributed by atoms with Crippen LogP contribution in [0.5, 0.6) is 0 Å². The molecule has 0 spiro atoms. The second-order valence-electron chi connectivity index (χ2n) is 2.83. The average molecular weight is 171 g/mol. The molecule has 12 heavy (non-hydrogen) atoms. The molecule has 68 valence electrons. The van der Waals surface area contributed by atoms with Gasteiger partial charge in [0.1, 0.15) is 6.04 Å². The van der Waals surface area contributed by atoms with Crippen LogP contribution in [0.15, 0.2) is 0 Å². The maximum absolute atomic E-state index is 11.1. The Kier molecular flexibility index (Phi) is 3.08. The van der Waals surface area contributed by atoms with E-state index < -0.39 is 6.04 Å². The van der Waals surface area contributed by atoms with Crippen LogP contribution in [0.2, 0.25) is 0 Å². The Bertz CT molecular complexity index is 191. The van der Waals surface area contributed by atoms with Crippen molar-refractivity contribution in [1.82, 2.24) is 5.32 Å². The lowest BCUT2D eigenvalue weighted by Gasteiger charge is -2.08. The zero-order chi connectivity index (χ0) is 8.97. The number of nitrogens with one attached hydrogen (secondary N) is 1. The van der Waals surface area contributed by atoms with E-state index in [1.165, 1.54) is 0 Å². The van der Waals surface area contributed by atoms with Crippen molar-refractivity contribution < 1.29 is 14.3 Å². The van der Waals surface area contributed by atoms with Crippen LogP contribution in [0.25, 0.3) is 0 Å². The molecule has 1 saturated heterocycles. The lowest BCUT2D eigenvalue weighted by atomic mass is 10.2. The third kappa shape index (κ3) is 2.22. The van der Waals surface area contributed by atoms with E-state index in [2.05, 4.69) is 5.32 Å². The fraction of sp³-hybridized carbons (Fsp3) is 0.750. The molecule has 4 heteroatoms. The zero-order valence-corrected chi connectivity index (χ0v) is 7.13. The quantitative estimate of drug-likeness (QED) is 0.618. The second kappa shape index (κ2) is 4.09. The highest BCUT2D eigenvalue weighted by Crippen LogP contribution is 2.07. The molecule has 0 saturated carbocycles. The number of carbonyl (C=O) groups is 2. The number of rotatable bonds is 3. The molecular formula is C8H13NO3. The molecule has 0 radical (unpaired) electrons. The van der Waals surface area contributed by atoms with Crippen molar-refractivity contribution >= 4 is 11.9 Å². The van der Waals surface area contributed by atoms with Crippen molar-refractivity contribution in [1.29, 1.82) is 0 Å². The summed E-state index contributed by atoms with van der Waals surface area (Å²) in [4.78, 5) is 21.8. The number of ether oxygens (including phenoxy) is 1. The molecule has 1 amide bonds. The van der Waals surface area contributed by atoms with E-state index in [9.17, 15) is 9.59 Å². The van der Waals surface area contributed by atoms with Crippen LogP contribution in [0, 0.1) is 0 Å². The van der Waals surface area contributed by atoms with E-state index in [1.54, 1.807) is 0 Å². The van der Waals surface area contributed by atoms with Crippen molar-refractivity contribution in [3.63, 3.8) is 0 Å². The first-order chi connectivity index (χ1) is 5.74. The normalized spacial score (nSPS) is 22.1.